The lowest BCUT2D eigenvalue weighted by Gasteiger charge is -2.13. The normalized spacial score (nSPS) is 11.2. The average molecular weight is 454 g/mol. The van der Waals surface area contributed by atoms with Crippen LogP contribution in [0.25, 0.3) is 5.82 Å². The molecule has 4 aromatic rings. The summed E-state index contributed by atoms with van der Waals surface area (Å²) in [6.45, 7) is 1.77. The van der Waals surface area contributed by atoms with Crippen LogP contribution in [0.4, 0.5) is 21.6 Å². The number of nitrogens with one attached hydrogen (secondary N) is 2. The van der Waals surface area contributed by atoms with Gasteiger partial charge in [-0.1, -0.05) is 0 Å². The van der Waals surface area contributed by atoms with E-state index in [-0.39, 0.29) is 10.6 Å². The van der Waals surface area contributed by atoms with Gasteiger partial charge in [-0.3, -0.25) is 4.72 Å². The van der Waals surface area contributed by atoms with Crippen molar-refractivity contribution < 1.29 is 17.5 Å². The van der Waals surface area contributed by atoms with Crippen molar-refractivity contribution in [3.8, 4) is 11.6 Å². The molecule has 0 amide bonds. The second kappa shape index (κ2) is 8.63. The van der Waals surface area contributed by atoms with Gasteiger partial charge in [0.15, 0.2) is 5.82 Å². The van der Waals surface area contributed by atoms with Crippen LogP contribution in [0.2, 0.25) is 0 Å². The van der Waals surface area contributed by atoms with Crippen LogP contribution in [0.3, 0.4) is 0 Å². The molecule has 164 valence electrons. The summed E-state index contributed by atoms with van der Waals surface area (Å²) < 4.78 is 48.1. The Hall–Kier alpha value is -3.99. The first kappa shape index (κ1) is 21.2. The van der Waals surface area contributed by atoms with E-state index in [9.17, 15) is 12.8 Å². The molecule has 0 saturated carbocycles. The Morgan fingerprint density at radius 3 is 2.47 bits per heavy atom. The van der Waals surface area contributed by atoms with Gasteiger partial charge in [-0.15, -0.1) is 0 Å². The summed E-state index contributed by atoms with van der Waals surface area (Å²) in [5.74, 6) is 1.10. The van der Waals surface area contributed by atoms with Gasteiger partial charge in [-0.05, 0) is 55.5 Å². The van der Waals surface area contributed by atoms with Crippen molar-refractivity contribution in [2.75, 3.05) is 17.1 Å². The highest BCUT2D eigenvalue weighted by Gasteiger charge is 2.20. The number of halogens is 1. The van der Waals surface area contributed by atoms with Gasteiger partial charge in [0.25, 0.3) is 10.0 Å². The number of sulfonamides is 1. The van der Waals surface area contributed by atoms with Crippen LogP contribution in [0, 0.1) is 12.7 Å². The van der Waals surface area contributed by atoms with E-state index in [1.165, 1.54) is 13.2 Å². The van der Waals surface area contributed by atoms with E-state index in [0.717, 1.165) is 12.1 Å². The Balaban J connectivity index is 1.53. The van der Waals surface area contributed by atoms with Gasteiger partial charge in [0, 0.05) is 29.8 Å². The van der Waals surface area contributed by atoms with E-state index in [1.807, 2.05) is 0 Å². The summed E-state index contributed by atoms with van der Waals surface area (Å²) in [6, 6.07) is 13.4. The third-order valence-electron chi connectivity index (χ3n) is 4.39. The minimum atomic E-state index is -4.05. The Labute approximate surface area is 184 Å². The van der Waals surface area contributed by atoms with E-state index >= 15 is 0 Å². The maximum Gasteiger partial charge on any atom is 0.265 e. The number of methoxy groups -OCH3 is 1. The zero-order chi connectivity index (χ0) is 22.7. The molecule has 0 unspecified atom stereocenters. The minimum absolute atomic E-state index is 0.0457. The number of benzene rings is 2. The first-order chi connectivity index (χ1) is 15.3. The number of hydrogen-bond acceptors (Lipinski definition) is 7. The highest BCUT2D eigenvalue weighted by molar-refractivity contribution is 7.92. The topological polar surface area (TPSA) is 111 Å². The Morgan fingerprint density at radius 2 is 1.78 bits per heavy atom. The van der Waals surface area contributed by atoms with E-state index in [2.05, 4.69) is 25.1 Å². The summed E-state index contributed by atoms with van der Waals surface area (Å²) in [5, 5.41) is 7.32. The van der Waals surface area contributed by atoms with Crippen LogP contribution in [0.15, 0.2) is 71.9 Å². The molecule has 32 heavy (non-hydrogen) atoms. The monoisotopic (exact) mass is 454 g/mol. The molecule has 0 bridgehead atoms. The Morgan fingerprint density at radius 1 is 1.03 bits per heavy atom. The van der Waals surface area contributed by atoms with Gasteiger partial charge in [0.1, 0.15) is 28.1 Å². The first-order valence-corrected chi connectivity index (χ1v) is 10.9. The zero-order valence-corrected chi connectivity index (χ0v) is 18.0. The summed E-state index contributed by atoms with van der Waals surface area (Å²) >= 11 is 0. The molecule has 0 spiro atoms. The average Bonchev–Trinajstić information content (AvgIpc) is 3.30. The van der Waals surface area contributed by atoms with Crippen molar-refractivity contribution in [1.82, 2.24) is 19.7 Å². The van der Waals surface area contributed by atoms with Crippen molar-refractivity contribution in [3.63, 3.8) is 0 Å². The maximum absolute atomic E-state index is 13.6. The van der Waals surface area contributed by atoms with E-state index in [1.54, 1.807) is 60.4 Å². The van der Waals surface area contributed by atoms with Crippen LogP contribution in [-0.2, 0) is 10.0 Å². The fraction of sp³-hybridized carbons (Fsp3) is 0.0952. The molecule has 0 fully saturated rings. The minimum Gasteiger partial charge on any atom is -0.495 e. The molecule has 2 aromatic carbocycles. The molecule has 0 atom stereocenters. The van der Waals surface area contributed by atoms with Crippen LogP contribution in [0.5, 0.6) is 5.75 Å². The van der Waals surface area contributed by atoms with Gasteiger partial charge in [0.05, 0.1) is 7.11 Å². The van der Waals surface area contributed by atoms with Crippen molar-refractivity contribution in [2.24, 2.45) is 0 Å². The molecule has 0 aliphatic heterocycles. The SMILES string of the molecule is COc1ccc(F)cc1S(=O)(=O)Nc1ccc(Nc2cc(-n3cccn3)nc(C)n2)cc1. The second-order valence-corrected chi connectivity index (χ2v) is 8.36. The lowest BCUT2D eigenvalue weighted by Crippen LogP contribution is -2.14. The Bertz CT molecular complexity index is 1340. The van der Waals surface area contributed by atoms with E-state index in [0.29, 0.717) is 28.8 Å². The largest absolute Gasteiger partial charge is 0.495 e. The fourth-order valence-electron chi connectivity index (χ4n) is 2.98. The molecular formula is C21H19FN6O3S. The molecule has 2 heterocycles. The van der Waals surface area contributed by atoms with Gasteiger partial charge in [0.2, 0.25) is 0 Å². The van der Waals surface area contributed by atoms with Crippen molar-refractivity contribution in [2.45, 2.75) is 11.8 Å². The van der Waals surface area contributed by atoms with Crippen molar-refractivity contribution in [3.05, 3.63) is 78.6 Å². The number of rotatable bonds is 7. The summed E-state index contributed by atoms with van der Waals surface area (Å²) in [4.78, 5) is 8.43. The van der Waals surface area contributed by atoms with Crippen molar-refractivity contribution >= 4 is 27.2 Å². The summed E-state index contributed by atoms with van der Waals surface area (Å²) in [7, 11) is -2.73. The smallest absolute Gasteiger partial charge is 0.265 e. The van der Waals surface area contributed by atoms with Crippen molar-refractivity contribution in [1.29, 1.82) is 0 Å². The lowest BCUT2D eigenvalue weighted by atomic mass is 10.3. The molecule has 0 aliphatic rings. The van der Waals surface area contributed by atoms with Crippen LogP contribution in [-0.4, -0.2) is 35.3 Å². The molecule has 0 radical (unpaired) electrons. The highest BCUT2D eigenvalue weighted by atomic mass is 32.2. The van der Waals surface area contributed by atoms with Crippen LogP contribution in [0.1, 0.15) is 5.82 Å². The molecule has 0 saturated heterocycles. The molecule has 11 heteroatoms. The molecular weight excluding hydrogens is 435 g/mol. The molecule has 2 aromatic heterocycles. The molecule has 9 nitrogen and oxygen atoms in total. The number of hydrogen-bond donors (Lipinski definition) is 2. The quantitative estimate of drug-likeness (QED) is 0.438. The standard InChI is InChI=1S/C21H19FN6O3S/c1-14-24-20(13-21(25-14)28-11-3-10-23-28)26-16-5-7-17(8-6-16)27-32(29,30)19-12-15(22)4-9-18(19)31-2/h3-13,27H,1-2H3,(H,24,25,26). The maximum atomic E-state index is 13.6. The highest BCUT2D eigenvalue weighted by Crippen LogP contribution is 2.27. The van der Waals surface area contributed by atoms with E-state index < -0.39 is 15.8 Å². The van der Waals surface area contributed by atoms with Gasteiger partial charge < -0.3 is 10.1 Å². The molecule has 4 rings (SSSR count). The van der Waals surface area contributed by atoms with Crippen LogP contribution >= 0.6 is 0 Å². The Kier molecular flexibility index (Phi) is 5.73. The summed E-state index contributed by atoms with van der Waals surface area (Å²) in [5.41, 5.74) is 0.985. The number of ether oxygens (including phenoxy) is 1. The lowest BCUT2D eigenvalue weighted by molar-refractivity contribution is 0.401. The number of aryl methyl sites for hydroxylation is 1. The van der Waals surface area contributed by atoms with Gasteiger partial charge in [-0.25, -0.2) is 27.5 Å². The third kappa shape index (κ3) is 4.67. The number of nitrogens with zero attached hydrogens (tertiary/aromatic N) is 4. The zero-order valence-electron chi connectivity index (χ0n) is 17.2. The van der Waals surface area contributed by atoms with E-state index in [4.69, 9.17) is 4.74 Å². The van der Waals surface area contributed by atoms with Crippen LogP contribution < -0.4 is 14.8 Å². The number of anilines is 3. The third-order valence-corrected chi connectivity index (χ3v) is 5.79. The van der Waals surface area contributed by atoms with Gasteiger partial charge >= 0.3 is 0 Å². The fourth-order valence-corrected chi connectivity index (χ4v) is 4.22. The molecule has 0 aliphatic carbocycles. The summed E-state index contributed by atoms with van der Waals surface area (Å²) in [6.07, 6.45) is 3.43. The predicted octanol–water partition coefficient (Wildman–Crippen LogP) is 3.66. The predicted molar refractivity (Wildman–Crippen MR) is 117 cm³/mol. The van der Waals surface area contributed by atoms with Gasteiger partial charge in [-0.2, -0.15) is 5.10 Å². The molecule has 2 N–H and O–H groups in total. The second-order valence-electron chi connectivity index (χ2n) is 6.71. The first-order valence-electron chi connectivity index (χ1n) is 9.43. The number of aromatic nitrogens is 4.